The Bertz CT molecular complexity index is 561. The van der Waals surface area contributed by atoms with E-state index >= 15 is 0 Å². The monoisotopic (exact) mass is 243 g/mol. The number of hydrogen-bond donors (Lipinski definition) is 2. The van der Waals surface area contributed by atoms with Crippen LogP contribution < -0.4 is 0 Å². The lowest BCUT2D eigenvalue weighted by Gasteiger charge is -2.20. The Morgan fingerprint density at radius 2 is 1.89 bits per heavy atom. The number of benzene rings is 1. The summed E-state index contributed by atoms with van der Waals surface area (Å²) in [4.78, 5) is 3.39. The quantitative estimate of drug-likeness (QED) is 0.835. The summed E-state index contributed by atoms with van der Waals surface area (Å²) in [6.45, 7) is 6.12. The maximum Gasteiger partial charge on any atom is 0.0826 e. The Morgan fingerprint density at radius 3 is 2.50 bits per heavy atom. The first kappa shape index (κ1) is 12.9. The highest BCUT2D eigenvalue weighted by atomic mass is 16.3. The zero-order valence-electron chi connectivity index (χ0n) is 11.3. The average Bonchev–Trinajstić information content (AvgIpc) is 2.73. The normalized spacial score (nSPS) is 12.7. The number of aliphatic hydroxyl groups is 1. The van der Waals surface area contributed by atoms with E-state index < -0.39 is 5.60 Å². The van der Waals surface area contributed by atoms with Gasteiger partial charge in [-0.05, 0) is 37.5 Å². The molecule has 0 bridgehead atoms. The van der Waals surface area contributed by atoms with Crippen LogP contribution in [0.1, 0.15) is 37.9 Å². The van der Waals surface area contributed by atoms with E-state index in [1.165, 1.54) is 10.9 Å². The molecule has 2 rings (SSSR count). The first-order valence-electron chi connectivity index (χ1n) is 6.58. The molecule has 2 aromatic rings. The van der Waals surface area contributed by atoms with E-state index in [-0.39, 0.29) is 0 Å². The largest absolute Gasteiger partial charge is 0.386 e. The molecule has 0 radical (unpaired) electrons. The smallest absolute Gasteiger partial charge is 0.0826 e. The average molecular weight is 243 g/mol. The van der Waals surface area contributed by atoms with Crippen LogP contribution in [0.25, 0.3) is 17.0 Å². The maximum atomic E-state index is 10.3. The van der Waals surface area contributed by atoms with E-state index in [1.807, 2.05) is 38.1 Å². The summed E-state index contributed by atoms with van der Waals surface area (Å²) in [5.74, 6) is 0. The van der Waals surface area contributed by atoms with Crippen molar-refractivity contribution in [3.8, 4) is 0 Å². The predicted octanol–water partition coefficient (Wildman–Crippen LogP) is 4.04. The third-order valence-corrected chi connectivity index (χ3v) is 3.79. The summed E-state index contributed by atoms with van der Waals surface area (Å²) < 4.78 is 0. The van der Waals surface area contributed by atoms with Crippen LogP contribution in [0.4, 0.5) is 0 Å². The maximum absolute atomic E-state index is 10.3. The number of rotatable bonds is 4. The molecule has 0 fully saturated rings. The van der Waals surface area contributed by atoms with Gasteiger partial charge in [-0.2, -0.15) is 0 Å². The number of aromatic nitrogens is 1. The van der Waals surface area contributed by atoms with Gasteiger partial charge in [-0.25, -0.2) is 0 Å². The van der Waals surface area contributed by atoms with E-state index in [4.69, 9.17) is 0 Å². The number of aryl methyl sites for hydroxylation is 1. The molecular weight excluding hydrogens is 222 g/mol. The van der Waals surface area contributed by atoms with Crippen molar-refractivity contribution < 1.29 is 5.11 Å². The van der Waals surface area contributed by atoms with Gasteiger partial charge in [-0.15, -0.1) is 0 Å². The number of hydrogen-bond acceptors (Lipinski definition) is 1. The Labute approximate surface area is 108 Å². The SMILES string of the molecule is CCC(O)(/C=C/c1[nH]c2ccccc2c1C)CC. The molecule has 0 atom stereocenters. The van der Waals surface area contributed by atoms with Crippen LogP contribution in [-0.4, -0.2) is 15.7 Å². The lowest BCUT2D eigenvalue weighted by Crippen LogP contribution is -2.22. The number of fused-ring (bicyclic) bond motifs is 1. The zero-order chi connectivity index (χ0) is 13.2. The lowest BCUT2D eigenvalue weighted by molar-refractivity contribution is 0.0836. The van der Waals surface area contributed by atoms with Crippen LogP contribution in [0.5, 0.6) is 0 Å². The zero-order valence-corrected chi connectivity index (χ0v) is 11.3. The van der Waals surface area contributed by atoms with Gasteiger partial charge in [0.05, 0.1) is 5.60 Å². The van der Waals surface area contributed by atoms with Crippen molar-refractivity contribution >= 4 is 17.0 Å². The fourth-order valence-corrected chi connectivity index (χ4v) is 2.19. The highest BCUT2D eigenvalue weighted by Crippen LogP contribution is 2.24. The van der Waals surface area contributed by atoms with Gasteiger partial charge in [0, 0.05) is 16.6 Å². The summed E-state index contributed by atoms with van der Waals surface area (Å²) in [5.41, 5.74) is 2.77. The molecule has 0 spiro atoms. The molecule has 0 aliphatic heterocycles. The van der Waals surface area contributed by atoms with Crippen LogP contribution >= 0.6 is 0 Å². The first-order valence-corrected chi connectivity index (χ1v) is 6.58. The third kappa shape index (κ3) is 2.34. The molecule has 0 aliphatic carbocycles. The minimum atomic E-state index is -0.691. The van der Waals surface area contributed by atoms with Gasteiger partial charge in [-0.3, -0.25) is 0 Å². The highest BCUT2D eigenvalue weighted by molar-refractivity contribution is 5.86. The summed E-state index contributed by atoms with van der Waals surface area (Å²) in [7, 11) is 0. The molecule has 1 heterocycles. The van der Waals surface area contributed by atoms with Crippen molar-refractivity contribution in [2.24, 2.45) is 0 Å². The summed E-state index contributed by atoms with van der Waals surface area (Å²) >= 11 is 0. The van der Waals surface area contributed by atoms with Crippen molar-refractivity contribution in [2.45, 2.75) is 39.2 Å². The van der Waals surface area contributed by atoms with Gasteiger partial charge in [0.15, 0.2) is 0 Å². The standard InChI is InChI=1S/C16H21NO/c1-4-16(18,5-2)11-10-14-12(3)13-8-6-7-9-15(13)17-14/h6-11,17-18H,4-5H2,1-3H3/b11-10+. The van der Waals surface area contributed by atoms with Crippen molar-refractivity contribution in [2.75, 3.05) is 0 Å². The fourth-order valence-electron chi connectivity index (χ4n) is 2.19. The Balaban J connectivity index is 2.38. The van der Waals surface area contributed by atoms with Crippen LogP contribution in [0.15, 0.2) is 30.3 Å². The van der Waals surface area contributed by atoms with Crippen LogP contribution in [0, 0.1) is 6.92 Å². The number of nitrogens with one attached hydrogen (secondary N) is 1. The van der Waals surface area contributed by atoms with Gasteiger partial charge >= 0.3 is 0 Å². The van der Waals surface area contributed by atoms with Crippen LogP contribution in [0.2, 0.25) is 0 Å². The molecule has 18 heavy (non-hydrogen) atoms. The second-order valence-corrected chi connectivity index (χ2v) is 4.85. The summed E-state index contributed by atoms with van der Waals surface area (Å²) in [5, 5.41) is 11.5. The molecular formula is C16H21NO. The predicted molar refractivity (Wildman–Crippen MR) is 77.6 cm³/mol. The highest BCUT2D eigenvalue weighted by Gasteiger charge is 2.17. The minimum absolute atomic E-state index is 0.691. The van der Waals surface area contributed by atoms with Crippen molar-refractivity contribution in [1.82, 2.24) is 4.98 Å². The van der Waals surface area contributed by atoms with Gasteiger partial charge in [0.1, 0.15) is 0 Å². The number of H-pyrrole nitrogens is 1. The molecule has 0 saturated carbocycles. The van der Waals surface area contributed by atoms with E-state index in [2.05, 4.69) is 24.0 Å². The molecule has 0 amide bonds. The first-order chi connectivity index (χ1) is 8.59. The molecule has 2 N–H and O–H groups in total. The van der Waals surface area contributed by atoms with Gasteiger partial charge < -0.3 is 10.1 Å². The fraction of sp³-hybridized carbons (Fsp3) is 0.375. The topological polar surface area (TPSA) is 36.0 Å². The molecule has 0 saturated heterocycles. The van der Waals surface area contributed by atoms with Crippen LogP contribution in [0.3, 0.4) is 0 Å². The Hall–Kier alpha value is -1.54. The number of aromatic amines is 1. The van der Waals surface area contributed by atoms with Gasteiger partial charge in [0.2, 0.25) is 0 Å². The van der Waals surface area contributed by atoms with Crippen LogP contribution in [-0.2, 0) is 0 Å². The Morgan fingerprint density at radius 1 is 1.22 bits per heavy atom. The van der Waals surface area contributed by atoms with E-state index in [0.29, 0.717) is 0 Å². The van der Waals surface area contributed by atoms with Gasteiger partial charge in [-0.1, -0.05) is 38.1 Å². The molecule has 0 unspecified atom stereocenters. The molecule has 2 nitrogen and oxygen atoms in total. The molecule has 96 valence electrons. The second kappa shape index (κ2) is 4.99. The van der Waals surface area contributed by atoms with Crippen molar-refractivity contribution in [3.05, 3.63) is 41.6 Å². The number of para-hydroxylation sites is 1. The molecule has 0 aliphatic rings. The molecule has 2 heteroatoms. The molecule has 1 aromatic heterocycles. The second-order valence-electron chi connectivity index (χ2n) is 4.85. The van der Waals surface area contributed by atoms with Crippen molar-refractivity contribution in [1.29, 1.82) is 0 Å². The minimum Gasteiger partial charge on any atom is -0.386 e. The molecule has 1 aromatic carbocycles. The Kier molecular flexibility index (Phi) is 3.58. The lowest BCUT2D eigenvalue weighted by atomic mass is 9.96. The van der Waals surface area contributed by atoms with Gasteiger partial charge in [0.25, 0.3) is 0 Å². The van der Waals surface area contributed by atoms with E-state index in [1.54, 1.807) is 0 Å². The van der Waals surface area contributed by atoms with Crippen molar-refractivity contribution in [3.63, 3.8) is 0 Å². The van der Waals surface area contributed by atoms with E-state index in [0.717, 1.165) is 24.1 Å². The summed E-state index contributed by atoms with van der Waals surface area (Å²) in [6.07, 6.45) is 5.38. The van der Waals surface area contributed by atoms with E-state index in [9.17, 15) is 5.11 Å². The third-order valence-electron chi connectivity index (χ3n) is 3.79. The summed E-state index contributed by atoms with van der Waals surface area (Å²) in [6, 6.07) is 8.27.